The van der Waals surface area contributed by atoms with Crippen molar-refractivity contribution in [3.63, 3.8) is 0 Å². The van der Waals surface area contributed by atoms with Crippen molar-refractivity contribution < 1.29 is 0 Å². The highest BCUT2D eigenvalue weighted by Crippen LogP contribution is 2.06. The zero-order chi connectivity index (χ0) is 8.69. The maximum Gasteiger partial charge on any atom is 0.105 e. The summed E-state index contributed by atoms with van der Waals surface area (Å²) in [5.74, 6) is 2.23. The van der Waals surface area contributed by atoms with Crippen molar-refractivity contribution in [1.29, 1.82) is 0 Å². The van der Waals surface area contributed by atoms with Crippen LogP contribution < -0.4 is 0 Å². The third kappa shape index (κ3) is 5.13. The summed E-state index contributed by atoms with van der Waals surface area (Å²) in [6.07, 6.45) is 1.13. The van der Waals surface area contributed by atoms with Gasteiger partial charge in [0, 0.05) is 19.3 Å². The quantitative estimate of drug-likeness (QED) is 0.369. The Labute approximate surface area is 74.2 Å². The lowest BCUT2D eigenvalue weighted by Gasteiger charge is -2.15. The van der Waals surface area contributed by atoms with Gasteiger partial charge in [0.25, 0.3) is 0 Å². The van der Waals surface area contributed by atoms with Gasteiger partial charge in [-0.1, -0.05) is 13.8 Å². The van der Waals surface area contributed by atoms with Gasteiger partial charge in [-0.2, -0.15) is 0 Å². The van der Waals surface area contributed by atoms with Crippen LogP contribution in [0.1, 0.15) is 27.2 Å². The maximum atomic E-state index is 4.38. The number of nitrogens with zero attached hydrogens (tertiary/aromatic N) is 2. The molecule has 0 N–H and O–H groups in total. The van der Waals surface area contributed by atoms with E-state index in [9.17, 15) is 0 Å². The Balaban J connectivity index is 3.69. The summed E-state index contributed by atoms with van der Waals surface area (Å²) in [5, 5.41) is 0. The molecule has 0 aromatic rings. The minimum atomic E-state index is 0.945. The van der Waals surface area contributed by atoms with E-state index in [-0.39, 0.29) is 0 Å². The summed E-state index contributed by atoms with van der Waals surface area (Å²) >= 11 is 1.79. The first-order chi connectivity index (χ1) is 5.22. The fourth-order valence-electron chi connectivity index (χ4n) is 0.660. The topological polar surface area (TPSA) is 15.6 Å². The molecule has 0 aliphatic rings. The van der Waals surface area contributed by atoms with E-state index in [1.165, 1.54) is 0 Å². The fourth-order valence-corrected chi connectivity index (χ4v) is 1.29. The first kappa shape index (κ1) is 10.8. The largest absolute Gasteiger partial charge is 0.308 e. The number of hydrogen-bond donors (Lipinski definition) is 0. The van der Waals surface area contributed by atoms with Crippen LogP contribution in [0.15, 0.2) is 4.99 Å². The summed E-state index contributed by atoms with van der Waals surface area (Å²) in [4.78, 5) is 4.38. The van der Waals surface area contributed by atoms with Crippen molar-refractivity contribution in [2.75, 3.05) is 19.3 Å². The third-order valence-corrected chi connectivity index (χ3v) is 2.25. The molecule has 0 unspecified atom stereocenters. The smallest absolute Gasteiger partial charge is 0.105 e. The zero-order valence-corrected chi connectivity index (χ0v) is 8.74. The molecule has 0 aliphatic heterocycles. The van der Waals surface area contributed by atoms with Crippen LogP contribution in [0.4, 0.5) is 0 Å². The third-order valence-electron chi connectivity index (χ3n) is 1.34. The second-order valence-electron chi connectivity index (χ2n) is 2.34. The van der Waals surface area contributed by atoms with Gasteiger partial charge in [0.15, 0.2) is 0 Å². The van der Waals surface area contributed by atoms with E-state index in [1.54, 1.807) is 11.9 Å². The summed E-state index contributed by atoms with van der Waals surface area (Å²) < 4.78 is 2.12. The SMILES string of the molecule is CCCN=C(C)N(C)SCC. The van der Waals surface area contributed by atoms with Crippen molar-refractivity contribution >= 4 is 17.8 Å². The van der Waals surface area contributed by atoms with Gasteiger partial charge in [-0.05, 0) is 25.3 Å². The number of rotatable bonds is 4. The highest BCUT2D eigenvalue weighted by molar-refractivity contribution is 7.97. The lowest BCUT2D eigenvalue weighted by Crippen LogP contribution is -2.16. The highest BCUT2D eigenvalue weighted by atomic mass is 32.2. The molecule has 0 aromatic carbocycles. The van der Waals surface area contributed by atoms with E-state index in [1.807, 2.05) is 0 Å². The highest BCUT2D eigenvalue weighted by Gasteiger charge is 1.97. The van der Waals surface area contributed by atoms with Crippen LogP contribution in [0.3, 0.4) is 0 Å². The second-order valence-corrected chi connectivity index (χ2v) is 3.73. The molecule has 0 saturated carbocycles. The summed E-state index contributed by atoms with van der Waals surface area (Å²) in [7, 11) is 2.06. The Kier molecular flexibility index (Phi) is 6.42. The van der Waals surface area contributed by atoms with Crippen molar-refractivity contribution in [2.45, 2.75) is 27.2 Å². The molecule has 0 spiro atoms. The standard InChI is InChI=1S/C8H18N2S/c1-5-7-9-8(3)10(4)11-6-2/h5-7H2,1-4H3. The summed E-state index contributed by atoms with van der Waals surface area (Å²) in [6.45, 7) is 7.29. The lowest BCUT2D eigenvalue weighted by molar-refractivity contribution is 0.809. The van der Waals surface area contributed by atoms with Gasteiger partial charge >= 0.3 is 0 Å². The van der Waals surface area contributed by atoms with Gasteiger partial charge in [-0.25, -0.2) is 0 Å². The molecule has 0 radical (unpaired) electrons. The Hall–Kier alpha value is -0.180. The van der Waals surface area contributed by atoms with Crippen molar-refractivity contribution in [1.82, 2.24) is 4.31 Å². The monoisotopic (exact) mass is 174 g/mol. The average molecular weight is 174 g/mol. The molecule has 0 amide bonds. The molecule has 3 heteroatoms. The van der Waals surface area contributed by atoms with Crippen LogP contribution in [-0.2, 0) is 0 Å². The fraction of sp³-hybridized carbons (Fsp3) is 0.875. The normalized spacial score (nSPS) is 11.8. The molecule has 11 heavy (non-hydrogen) atoms. The molecule has 0 atom stereocenters. The molecule has 0 fully saturated rings. The molecule has 2 nitrogen and oxygen atoms in total. The van der Waals surface area contributed by atoms with Crippen LogP contribution in [0, 0.1) is 0 Å². The van der Waals surface area contributed by atoms with Gasteiger partial charge in [0.1, 0.15) is 5.84 Å². The predicted octanol–water partition coefficient (Wildman–Crippen LogP) is 2.41. The lowest BCUT2D eigenvalue weighted by atomic mass is 10.5. The molecule has 0 rings (SSSR count). The van der Waals surface area contributed by atoms with Crippen LogP contribution in [0.5, 0.6) is 0 Å². The van der Waals surface area contributed by atoms with Crippen molar-refractivity contribution in [3.05, 3.63) is 0 Å². The molecular formula is C8H18N2S. The zero-order valence-electron chi connectivity index (χ0n) is 7.92. The van der Waals surface area contributed by atoms with Crippen LogP contribution in [0.25, 0.3) is 0 Å². The number of amidine groups is 1. The van der Waals surface area contributed by atoms with Gasteiger partial charge < -0.3 is 4.31 Å². The van der Waals surface area contributed by atoms with E-state index >= 15 is 0 Å². The van der Waals surface area contributed by atoms with Crippen LogP contribution in [-0.4, -0.2) is 29.5 Å². The number of hydrogen-bond acceptors (Lipinski definition) is 2. The molecular weight excluding hydrogens is 156 g/mol. The molecule has 0 bridgehead atoms. The second kappa shape index (κ2) is 6.53. The molecule has 0 aliphatic carbocycles. The minimum absolute atomic E-state index is 0.945. The molecule has 0 saturated heterocycles. The van der Waals surface area contributed by atoms with E-state index in [2.05, 4.69) is 37.1 Å². The van der Waals surface area contributed by atoms with Crippen LogP contribution in [0.2, 0.25) is 0 Å². The van der Waals surface area contributed by atoms with Gasteiger partial charge in [-0.3, -0.25) is 4.99 Å². The minimum Gasteiger partial charge on any atom is -0.308 e. The van der Waals surface area contributed by atoms with E-state index < -0.39 is 0 Å². The first-order valence-electron chi connectivity index (χ1n) is 4.10. The van der Waals surface area contributed by atoms with Crippen molar-refractivity contribution in [2.24, 2.45) is 4.99 Å². The summed E-state index contributed by atoms with van der Waals surface area (Å²) in [6, 6.07) is 0. The Bertz CT molecular complexity index is 123. The molecule has 0 heterocycles. The molecule has 66 valence electrons. The summed E-state index contributed by atoms with van der Waals surface area (Å²) in [5.41, 5.74) is 0. The van der Waals surface area contributed by atoms with E-state index in [4.69, 9.17) is 0 Å². The Morgan fingerprint density at radius 1 is 1.45 bits per heavy atom. The van der Waals surface area contributed by atoms with E-state index in [0.29, 0.717) is 0 Å². The van der Waals surface area contributed by atoms with E-state index in [0.717, 1.165) is 24.6 Å². The van der Waals surface area contributed by atoms with Crippen molar-refractivity contribution in [3.8, 4) is 0 Å². The first-order valence-corrected chi connectivity index (χ1v) is 5.04. The molecule has 0 aromatic heterocycles. The van der Waals surface area contributed by atoms with Gasteiger partial charge in [-0.15, -0.1) is 0 Å². The van der Waals surface area contributed by atoms with Crippen LogP contribution >= 0.6 is 11.9 Å². The maximum absolute atomic E-state index is 4.38. The predicted molar refractivity (Wildman–Crippen MR) is 54.2 cm³/mol. The van der Waals surface area contributed by atoms with Gasteiger partial charge in [0.2, 0.25) is 0 Å². The van der Waals surface area contributed by atoms with Gasteiger partial charge in [0.05, 0.1) is 0 Å². The number of aliphatic imine (C=N–C) groups is 1. The Morgan fingerprint density at radius 2 is 2.09 bits per heavy atom. The average Bonchev–Trinajstić information content (AvgIpc) is 2.00. The Morgan fingerprint density at radius 3 is 2.55 bits per heavy atom.